The molecule has 0 aromatic rings. The summed E-state index contributed by atoms with van der Waals surface area (Å²) >= 11 is 0. The third kappa shape index (κ3) is 306. The van der Waals surface area contributed by atoms with E-state index in [1.165, 1.54) is 0 Å². The molecule has 0 unspecified atom stereocenters. The molecular weight excluding hydrogens is 108 g/mol. The number of carbonyl (C=O) groups excluding carboxylic acids is 2. The van der Waals surface area contributed by atoms with Crippen LogP contribution in [0.5, 0.6) is 0 Å². The van der Waals surface area contributed by atoms with Gasteiger partial charge >= 0.3 is 23.1 Å². The molecule has 0 saturated carbocycles. The molecule has 0 rings (SSSR count). The first-order chi connectivity index (χ1) is 2.83. The average molecular weight is 108 g/mol. The van der Waals surface area contributed by atoms with Crippen molar-refractivity contribution >= 4 is 35.2 Å². The summed E-state index contributed by atoms with van der Waals surface area (Å²) < 4.78 is 0. The van der Waals surface area contributed by atoms with Crippen LogP contribution in [-0.4, -0.2) is 35.2 Å². The molecule has 0 spiro atoms. The summed E-state index contributed by atoms with van der Waals surface area (Å²) in [6.07, 6.45) is 1.00. The first-order valence-corrected chi connectivity index (χ1v) is 0.855. The number of isocyanates is 2. The van der Waals surface area contributed by atoms with Crippen molar-refractivity contribution in [2.24, 2.45) is 0 Å². The van der Waals surface area contributed by atoms with Crippen molar-refractivity contribution in [2.45, 2.75) is 0 Å². The van der Waals surface area contributed by atoms with Gasteiger partial charge in [0.15, 0.2) is 0 Å². The Morgan fingerprint density at radius 3 is 1.00 bits per heavy atom. The fourth-order valence-electron chi connectivity index (χ4n) is 0. The molecule has 0 aliphatic rings. The van der Waals surface area contributed by atoms with Gasteiger partial charge in [0, 0.05) is 0 Å². The second kappa shape index (κ2) is 48.6. The molecule has 0 fully saturated rings. The van der Waals surface area contributed by atoms with Crippen molar-refractivity contribution in [3.05, 3.63) is 10.8 Å². The Kier molecular flexibility index (Phi) is 111. The van der Waals surface area contributed by atoms with Crippen molar-refractivity contribution in [1.82, 2.24) is 0 Å². The van der Waals surface area contributed by atoms with E-state index in [4.69, 9.17) is 20.4 Å². The maximum atomic E-state index is 8.24. The standard InChI is InChI=1S/2CNO.Mg/c2*2-1-3;/q2*-1;+2. The molecule has 0 saturated heterocycles. The maximum Gasteiger partial charge on any atom is 2.00 e. The van der Waals surface area contributed by atoms with Crippen LogP contribution in [-0.2, 0) is 9.59 Å². The van der Waals surface area contributed by atoms with E-state index >= 15 is 0 Å². The molecule has 0 aliphatic carbocycles. The molecule has 32 valence electrons. The van der Waals surface area contributed by atoms with Crippen LogP contribution in [0.15, 0.2) is 0 Å². The first-order valence-electron chi connectivity index (χ1n) is 0.855. The zero-order valence-corrected chi connectivity index (χ0v) is 4.83. The minimum Gasteiger partial charge on any atom is -0.724 e. The van der Waals surface area contributed by atoms with Crippen molar-refractivity contribution in [3.8, 4) is 0 Å². The van der Waals surface area contributed by atoms with E-state index < -0.39 is 0 Å². The summed E-state index contributed by atoms with van der Waals surface area (Å²) in [5.74, 6) is 0. The van der Waals surface area contributed by atoms with Gasteiger partial charge in [-0.15, -0.1) is 0 Å². The van der Waals surface area contributed by atoms with E-state index in [-0.39, 0.29) is 23.1 Å². The van der Waals surface area contributed by atoms with Gasteiger partial charge in [0.1, 0.15) is 0 Å². The largest absolute Gasteiger partial charge is 2.00 e. The smallest absolute Gasteiger partial charge is 0.724 e. The Balaban J connectivity index is -0.0000000400. The molecule has 0 aliphatic heterocycles. The fraction of sp³-hybridized carbons (Fsp3) is 0. The number of hydrogen-bond acceptors (Lipinski definition) is 2. The fourth-order valence-corrected chi connectivity index (χ4v) is 0. The average Bonchev–Trinajstić information content (AvgIpc) is 1.39. The topological polar surface area (TPSA) is 78.7 Å². The van der Waals surface area contributed by atoms with Crippen LogP contribution in [0.1, 0.15) is 0 Å². The summed E-state index contributed by atoms with van der Waals surface area (Å²) in [6.45, 7) is 0. The molecule has 0 heterocycles. The van der Waals surface area contributed by atoms with Crippen LogP contribution >= 0.6 is 0 Å². The molecule has 0 bridgehead atoms. The van der Waals surface area contributed by atoms with Crippen LogP contribution in [0.4, 0.5) is 0 Å². The molecule has 0 radical (unpaired) electrons. The van der Waals surface area contributed by atoms with Crippen LogP contribution < -0.4 is 0 Å². The van der Waals surface area contributed by atoms with Crippen LogP contribution in [0, 0.1) is 0 Å². The molecular formula is C2MgN2O2. The van der Waals surface area contributed by atoms with Gasteiger partial charge in [-0.3, -0.25) is 9.59 Å². The SMILES string of the molecule is [Mg+2].[N-]=C=O.[N-]=C=O. The maximum absolute atomic E-state index is 8.24. The number of hydrogen-bond donors (Lipinski definition) is 0. The van der Waals surface area contributed by atoms with Crippen molar-refractivity contribution < 1.29 is 9.59 Å². The van der Waals surface area contributed by atoms with Gasteiger partial charge in [0.2, 0.25) is 0 Å². The Morgan fingerprint density at radius 1 is 1.00 bits per heavy atom. The molecule has 0 amide bonds. The zero-order chi connectivity index (χ0) is 5.41. The van der Waals surface area contributed by atoms with E-state index in [2.05, 4.69) is 0 Å². The third-order valence-corrected chi connectivity index (χ3v) is 0. The van der Waals surface area contributed by atoms with Crippen LogP contribution in [0.3, 0.4) is 0 Å². The number of nitrogens with zero attached hydrogens (tertiary/aromatic N) is 2. The van der Waals surface area contributed by atoms with Gasteiger partial charge in [-0.25, -0.2) is 0 Å². The normalized spacial score (nSPS) is 2.29. The second-order valence-corrected chi connectivity index (χ2v) is 0.183. The van der Waals surface area contributed by atoms with Crippen LogP contribution in [0.25, 0.3) is 10.8 Å². The molecule has 4 nitrogen and oxygen atoms in total. The Labute approximate surface area is 56.1 Å². The van der Waals surface area contributed by atoms with Crippen molar-refractivity contribution in [2.75, 3.05) is 0 Å². The minimum atomic E-state index is 0. The third-order valence-electron chi connectivity index (χ3n) is 0. The monoisotopic (exact) mass is 108 g/mol. The molecule has 0 aromatic heterocycles. The van der Waals surface area contributed by atoms with E-state index in [0.717, 1.165) is 0 Å². The van der Waals surface area contributed by atoms with Gasteiger partial charge in [-0.2, -0.15) is 0 Å². The van der Waals surface area contributed by atoms with Gasteiger partial charge in [-0.05, 0) is 12.2 Å². The number of rotatable bonds is 0. The summed E-state index contributed by atoms with van der Waals surface area (Å²) in [7, 11) is 0. The van der Waals surface area contributed by atoms with Gasteiger partial charge in [0.05, 0.1) is 0 Å². The van der Waals surface area contributed by atoms with E-state index in [0.29, 0.717) is 12.2 Å². The molecule has 7 heavy (non-hydrogen) atoms. The molecule has 5 heteroatoms. The first kappa shape index (κ1) is 16.0. The van der Waals surface area contributed by atoms with Crippen LogP contribution in [0.2, 0.25) is 0 Å². The minimum absolute atomic E-state index is 0. The predicted octanol–water partition coefficient (Wildman–Crippen LogP) is -0.598. The summed E-state index contributed by atoms with van der Waals surface area (Å²) in [5, 5.41) is 13.5. The van der Waals surface area contributed by atoms with Gasteiger partial charge < -0.3 is 10.8 Å². The van der Waals surface area contributed by atoms with Crippen molar-refractivity contribution in [1.29, 1.82) is 0 Å². The Bertz CT molecular complexity index is 67.7. The second-order valence-electron chi connectivity index (χ2n) is 0.183. The van der Waals surface area contributed by atoms with Gasteiger partial charge in [0.25, 0.3) is 0 Å². The summed E-state index contributed by atoms with van der Waals surface area (Å²) in [4.78, 5) is 16.5. The van der Waals surface area contributed by atoms with Crippen molar-refractivity contribution in [3.63, 3.8) is 0 Å². The summed E-state index contributed by atoms with van der Waals surface area (Å²) in [5.41, 5.74) is 0. The predicted molar refractivity (Wildman–Crippen MR) is 23.9 cm³/mol. The quantitative estimate of drug-likeness (QED) is 0.236. The zero-order valence-electron chi connectivity index (χ0n) is 3.42. The van der Waals surface area contributed by atoms with E-state index in [1.54, 1.807) is 0 Å². The molecule has 0 atom stereocenters. The molecule has 0 aromatic carbocycles. The van der Waals surface area contributed by atoms with E-state index in [9.17, 15) is 0 Å². The Morgan fingerprint density at radius 2 is 1.00 bits per heavy atom. The summed E-state index contributed by atoms with van der Waals surface area (Å²) in [6, 6.07) is 0. The Hall–Kier alpha value is -0.474. The van der Waals surface area contributed by atoms with E-state index in [1.807, 2.05) is 0 Å². The van der Waals surface area contributed by atoms with Gasteiger partial charge in [-0.1, -0.05) is 0 Å². The molecule has 0 N–H and O–H groups in total.